The Balaban J connectivity index is 1.81. The molecule has 0 heterocycles. The fourth-order valence-electron chi connectivity index (χ4n) is 1.69. The zero-order chi connectivity index (χ0) is 10.2. The Bertz CT molecular complexity index is 135. The third kappa shape index (κ3) is 4.40. The second-order valence-corrected chi connectivity index (χ2v) is 3.81. The molecule has 0 aromatic carbocycles. The van der Waals surface area contributed by atoms with Crippen molar-refractivity contribution in [3.63, 3.8) is 0 Å². The molecule has 1 fully saturated rings. The molecule has 0 spiro atoms. The summed E-state index contributed by atoms with van der Waals surface area (Å²) in [4.78, 5) is 0. The van der Waals surface area contributed by atoms with Crippen LogP contribution in [0.4, 0.5) is 0 Å². The Labute approximate surface area is 87.2 Å². The van der Waals surface area contributed by atoms with Gasteiger partial charge in [0.15, 0.2) is 0 Å². The molecule has 0 saturated heterocycles. The molecule has 1 aliphatic rings. The minimum Gasteiger partial charge on any atom is -0.380 e. The van der Waals surface area contributed by atoms with E-state index in [2.05, 4.69) is 19.2 Å². The van der Waals surface area contributed by atoms with Crippen molar-refractivity contribution < 1.29 is 9.47 Å². The van der Waals surface area contributed by atoms with Crippen LogP contribution < -0.4 is 5.32 Å². The summed E-state index contributed by atoms with van der Waals surface area (Å²) in [6, 6.07) is 0.664. The molecular formula is C11H23NO2. The second kappa shape index (κ2) is 7.21. The number of ether oxygens (including phenoxy) is 2. The van der Waals surface area contributed by atoms with E-state index in [0.29, 0.717) is 12.1 Å². The van der Waals surface area contributed by atoms with Crippen LogP contribution in [0.2, 0.25) is 0 Å². The third-order valence-electron chi connectivity index (χ3n) is 2.53. The number of rotatable bonds is 8. The SMILES string of the molecule is CCCOCCNC1CC(OCC)C1. The molecule has 0 aliphatic heterocycles. The van der Waals surface area contributed by atoms with E-state index in [1.54, 1.807) is 0 Å². The van der Waals surface area contributed by atoms with E-state index in [9.17, 15) is 0 Å². The van der Waals surface area contributed by atoms with E-state index in [0.717, 1.165) is 32.8 Å². The first-order chi connectivity index (χ1) is 6.86. The van der Waals surface area contributed by atoms with Gasteiger partial charge in [-0.2, -0.15) is 0 Å². The summed E-state index contributed by atoms with van der Waals surface area (Å²) in [6.45, 7) is 7.73. The van der Waals surface area contributed by atoms with Gasteiger partial charge in [0.1, 0.15) is 0 Å². The van der Waals surface area contributed by atoms with Gasteiger partial charge < -0.3 is 14.8 Å². The van der Waals surface area contributed by atoms with Gasteiger partial charge in [-0.3, -0.25) is 0 Å². The second-order valence-electron chi connectivity index (χ2n) is 3.81. The predicted molar refractivity (Wildman–Crippen MR) is 57.5 cm³/mol. The Morgan fingerprint density at radius 3 is 2.64 bits per heavy atom. The molecule has 3 nitrogen and oxygen atoms in total. The van der Waals surface area contributed by atoms with Gasteiger partial charge in [-0.05, 0) is 26.2 Å². The summed E-state index contributed by atoms with van der Waals surface area (Å²) in [5.74, 6) is 0. The van der Waals surface area contributed by atoms with Gasteiger partial charge in [0, 0.05) is 25.8 Å². The normalized spacial score (nSPS) is 26.1. The Hall–Kier alpha value is -0.120. The minimum absolute atomic E-state index is 0.508. The fraction of sp³-hybridized carbons (Fsp3) is 1.00. The van der Waals surface area contributed by atoms with E-state index in [1.807, 2.05) is 0 Å². The molecule has 14 heavy (non-hydrogen) atoms. The molecule has 1 aliphatic carbocycles. The first-order valence-electron chi connectivity index (χ1n) is 5.79. The molecular weight excluding hydrogens is 178 g/mol. The van der Waals surface area contributed by atoms with Crippen LogP contribution in [0, 0.1) is 0 Å². The first-order valence-corrected chi connectivity index (χ1v) is 5.79. The van der Waals surface area contributed by atoms with Crippen LogP contribution in [0.5, 0.6) is 0 Å². The lowest BCUT2D eigenvalue weighted by Gasteiger charge is -2.35. The summed E-state index contributed by atoms with van der Waals surface area (Å²) in [5.41, 5.74) is 0. The lowest BCUT2D eigenvalue weighted by molar-refractivity contribution is -0.0114. The highest BCUT2D eigenvalue weighted by Gasteiger charge is 2.28. The van der Waals surface area contributed by atoms with Crippen molar-refractivity contribution in [2.75, 3.05) is 26.4 Å². The molecule has 84 valence electrons. The lowest BCUT2D eigenvalue weighted by atomic mass is 9.89. The van der Waals surface area contributed by atoms with Gasteiger partial charge in [-0.25, -0.2) is 0 Å². The molecule has 0 amide bonds. The van der Waals surface area contributed by atoms with Gasteiger partial charge in [0.25, 0.3) is 0 Å². The van der Waals surface area contributed by atoms with Crippen molar-refractivity contribution >= 4 is 0 Å². The standard InChI is InChI=1S/C11H23NO2/c1-3-6-13-7-5-12-10-8-11(9-10)14-4-2/h10-12H,3-9H2,1-2H3. The summed E-state index contributed by atoms with van der Waals surface area (Å²) >= 11 is 0. The molecule has 3 heteroatoms. The van der Waals surface area contributed by atoms with Crippen LogP contribution in [0.3, 0.4) is 0 Å². The van der Waals surface area contributed by atoms with Crippen LogP contribution in [-0.4, -0.2) is 38.5 Å². The van der Waals surface area contributed by atoms with E-state index in [1.165, 1.54) is 12.8 Å². The molecule has 0 unspecified atom stereocenters. The van der Waals surface area contributed by atoms with Gasteiger partial charge in [-0.15, -0.1) is 0 Å². The van der Waals surface area contributed by atoms with Crippen molar-refractivity contribution in [3.05, 3.63) is 0 Å². The summed E-state index contributed by atoms with van der Waals surface area (Å²) in [7, 11) is 0. The van der Waals surface area contributed by atoms with Crippen molar-refractivity contribution in [2.45, 2.75) is 45.3 Å². The molecule has 0 aromatic heterocycles. The molecule has 0 aromatic rings. The van der Waals surface area contributed by atoms with E-state index in [-0.39, 0.29) is 0 Å². The van der Waals surface area contributed by atoms with E-state index in [4.69, 9.17) is 9.47 Å². The monoisotopic (exact) mass is 201 g/mol. The smallest absolute Gasteiger partial charge is 0.0604 e. The van der Waals surface area contributed by atoms with Gasteiger partial charge in [0.2, 0.25) is 0 Å². The van der Waals surface area contributed by atoms with Crippen LogP contribution in [0.25, 0.3) is 0 Å². The fourth-order valence-corrected chi connectivity index (χ4v) is 1.69. The maximum Gasteiger partial charge on any atom is 0.0604 e. The average molecular weight is 201 g/mol. The molecule has 1 saturated carbocycles. The van der Waals surface area contributed by atoms with E-state index >= 15 is 0 Å². The summed E-state index contributed by atoms with van der Waals surface area (Å²) in [5, 5.41) is 3.46. The molecule has 1 N–H and O–H groups in total. The van der Waals surface area contributed by atoms with Crippen molar-refractivity contribution in [1.29, 1.82) is 0 Å². The minimum atomic E-state index is 0.508. The zero-order valence-electron chi connectivity index (χ0n) is 9.42. The maximum absolute atomic E-state index is 5.48. The lowest BCUT2D eigenvalue weighted by Crippen LogP contribution is -2.46. The van der Waals surface area contributed by atoms with Gasteiger partial charge >= 0.3 is 0 Å². The largest absolute Gasteiger partial charge is 0.380 e. The number of hydrogen-bond donors (Lipinski definition) is 1. The quantitative estimate of drug-likeness (QED) is 0.605. The number of nitrogens with one attached hydrogen (secondary N) is 1. The van der Waals surface area contributed by atoms with E-state index < -0.39 is 0 Å². The van der Waals surface area contributed by atoms with Gasteiger partial charge in [-0.1, -0.05) is 6.92 Å². The third-order valence-corrected chi connectivity index (χ3v) is 2.53. The van der Waals surface area contributed by atoms with Crippen LogP contribution in [0.1, 0.15) is 33.1 Å². The molecule has 0 radical (unpaired) electrons. The molecule has 0 bridgehead atoms. The van der Waals surface area contributed by atoms with Crippen molar-refractivity contribution in [1.82, 2.24) is 5.32 Å². The first kappa shape index (κ1) is 12.0. The summed E-state index contributed by atoms with van der Waals surface area (Å²) < 4.78 is 10.9. The average Bonchev–Trinajstić information content (AvgIpc) is 2.13. The van der Waals surface area contributed by atoms with Crippen LogP contribution >= 0.6 is 0 Å². The van der Waals surface area contributed by atoms with Crippen LogP contribution in [-0.2, 0) is 9.47 Å². The number of hydrogen-bond acceptors (Lipinski definition) is 3. The predicted octanol–water partition coefficient (Wildman–Crippen LogP) is 1.57. The van der Waals surface area contributed by atoms with Crippen LogP contribution in [0.15, 0.2) is 0 Å². The van der Waals surface area contributed by atoms with Crippen molar-refractivity contribution in [3.8, 4) is 0 Å². The van der Waals surface area contributed by atoms with Gasteiger partial charge in [0.05, 0.1) is 12.7 Å². The Morgan fingerprint density at radius 1 is 1.21 bits per heavy atom. The summed E-state index contributed by atoms with van der Waals surface area (Å²) in [6.07, 6.45) is 3.95. The molecule has 1 rings (SSSR count). The zero-order valence-corrected chi connectivity index (χ0v) is 9.42. The highest BCUT2D eigenvalue weighted by Crippen LogP contribution is 2.22. The molecule has 0 atom stereocenters. The topological polar surface area (TPSA) is 30.5 Å². The highest BCUT2D eigenvalue weighted by molar-refractivity contribution is 4.85. The Morgan fingerprint density at radius 2 is 2.00 bits per heavy atom. The Kier molecular flexibility index (Phi) is 6.15. The maximum atomic E-state index is 5.48. The highest BCUT2D eigenvalue weighted by atomic mass is 16.5. The van der Waals surface area contributed by atoms with Crippen molar-refractivity contribution in [2.24, 2.45) is 0 Å².